The number of anilines is 1. The van der Waals surface area contributed by atoms with Crippen molar-refractivity contribution in [1.82, 2.24) is 14.8 Å². The van der Waals surface area contributed by atoms with Crippen LogP contribution < -0.4 is 5.32 Å². The summed E-state index contributed by atoms with van der Waals surface area (Å²) in [5.41, 5.74) is 1.68. The molecule has 3 rings (SSSR count). The summed E-state index contributed by atoms with van der Waals surface area (Å²) in [5.74, 6) is 0.00330. The Balaban J connectivity index is 1.76. The molecule has 1 aromatic heterocycles. The maximum absolute atomic E-state index is 13.0. The smallest absolute Gasteiger partial charge is 0.255 e. The minimum atomic E-state index is -0.701. The number of amides is 2. The molecule has 0 saturated carbocycles. The molecule has 6 nitrogen and oxygen atoms in total. The Morgan fingerprint density at radius 1 is 1.07 bits per heavy atom. The fraction of sp³-hybridized carbons (Fsp3) is 0.381. The largest absolute Gasteiger partial charge is 0.371 e. The van der Waals surface area contributed by atoms with Gasteiger partial charge in [-0.05, 0) is 44.0 Å². The van der Waals surface area contributed by atoms with Gasteiger partial charge in [0, 0.05) is 44.8 Å². The number of nitrogens with one attached hydrogen (secondary N) is 1. The molecule has 2 amide bonds. The molecule has 1 saturated heterocycles. The summed E-state index contributed by atoms with van der Waals surface area (Å²) in [6, 6.07) is 13.4. The third kappa shape index (κ3) is 4.10. The standard InChI is InChI=1S/C21H26N4O2/c1-16-9-10-17(15-22-16)19(26)25-13-11-21(12-14-25,20(27)24(2)3)23-18-7-5-4-6-8-18/h4-10,15,23H,11-14H2,1-3H3. The van der Waals surface area contributed by atoms with Crippen LogP contribution in [0.5, 0.6) is 0 Å². The van der Waals surface area contributed by atoms with Gasteiger partial charge in [-0.1, -0.05) is 18.2 Å². The minimum absolute atomic E-state index is 0.0342. The number of likely N-dealkylation sites (tertiary alicyclic amines) is 1. The SMILES string of the molecule is Cc1ccc(C(=O)N2CCC(Nc3ccccc3)(C(=O)N(C)C)CC2)cn1. The molecule has 0 spiro atoms. The van der Waals surface area contributed by atoms with Crippen molar-refractivity contribution in [2.24, 2.45) is 0 Å². The second-order valence-electron chi connectivity index (χ2n) is 7.25. The summed E-state index contributed by atoms with van der Waals surface area (Å²) in [5, 5.41) is 3.44. The van der Waals surface area contributed by atoms with Crippen molar-refractivity contribution in [3.63, 3.8) is 0 Å². The molecule has 6 heteroatoms. The zero-order valence-electron chi connectivity index (χ0n) is 16.1. The third-order valence-electron chi connectivity index (χ3n) is 5.04. The first-order valence-electron chi connectivity index (χ1n) is 9.18. The van der Waals surface area contributed by atoms with E-state index in [1.54, 1.807) is 36.2 Å². The average molecular weight is 366 g/mol. The molecule has 142 valence electrons. The molecular weight excluding hydrogens is 340 g/mol. The normalized spacial score (nSPS) is 15.9. The molecule has 1 aliphatic heterocycles. The van der Waals surface area contributed by atoms with E-state index in [2.05, 4.69) is 10.3 Å². The lowest BCUT2D eigenvalue weighted by Gasteiger charge is -2.43. The zero-order chi connectivity index (χ0) is 19.4. The van der Waals surface area contributed by atoms with Crippen LogP contribution in [0, 0.1) is 6.92 Å². The van der Waals surface area contributed by atoms with Crippen LogP contribution in [0.3, 0.4) is 0 Å². The number of para-hydroxylation sites is 1. The molecule has 27 heavy (non-hydrogen) atoms. The van der Waals surface area contributed by atoms with Gasteiger partial charge in [0.05, 0.1) is 5.56 Å². The number of benzene rings is 1. The number of aryl methyl sites for hydroxylation is 1. The van der Waals surface area contributed by atoms with Crippen LogP contribution in [0.25, 0.3) is 0 Å². The molecule has 2 aromatic rings. The highest BCUT2D eigenvalue weighted by Crippen LogP contribution is 2.29. The number of nitrogens with zero attached hydrogens (tertiary/aromatic N) is 3. The molecule has 0 unspecified atom stereocenters. The van der Waals surface area contributed by atoms with E-state index in [0.29, 0.717) is 31.5 Å². The first-order chi connectivity index (χ1) is 12.9. The lowest BCUT2D eigenvalue weighted by atomic mass is 9.85. The summed E-state index contributed by atoms with van der Waals surface area (Å²) >= 11 is 0. The van der Waals surface area contributed by atoms with Gasteiger partial charge in [0.15, 0.2) is 0 Å². The summed E-state index contributed by atoms with van der Waals surface area (Å²) < 4.78 is 0. The molecular formula is C21H26N4O2. The molecule has 0 bridgehead atoms. The van der Waals surface area contributed by atoms with Gasteiger partial charge in [-0.2, -0.15) is 0 Å². The quantitative estimate of drug-likeness (QED) is 0.903. The first kappa shape index (κ1) is 18.9. The second kappa shape index (κ2) is 7.78. The second-order valence-corrected chi connectivity index (χ2v) is 7.25. The molecule has 1 N–H and O–H groups in total. The molecule has 0 atom stereocenters. The number of rotatable bonds is 4. The highest BCUT2D eigenvalue weighted by Gasteiger charge is 2.43. The van der Waals surface area contributed by atoms with Gasteiger partial charge in [0.2, 0.25) is 5.91 Å². The predicted molar refractivity (Wildman–Crippen MR) is 106 cm³/mol. The van der Waals surface area contributed by atoms with Crippen LogP contribution in [-0.4, -0.2) is 59.3 Å². The number of carbonyl (C=O) groups excluding carboxylic acids is 2. The van der Waals surface area contributed by atoms with Gasteiger partial charge in [-0.3, -0.25) is 14.6 Å². The lowest BCUT2D eigenvalue weighted by molar-refractivity contribution is -0.135. The first-order valence-corrected chi connectivity index (χ1v) is 9.18. The summed E-state index contributed by atoms with van der Waals surface area (Å²) in [7, 11) is 3.54. The van der Waals surface area contributed by atoms with Crippen molar-refractivity contribution >= 4 is 17.5 Å². The van der Waals surface area contributed by atoms with Crippen LogP contribution in [0.15, 0.2) is 48.7 Å². The monoisotopic (exact) mass is 366 g/mol. The molecule has 0 radical (unpaired) electrons. The maximum atomic E-state index is 13.0. The predicted octanol–water partition coefficient (Wildman–Crippen LogP) is 2.57. The van der Waals surface area contributed by atoms with Crippen LogP contribution in [0.1, 0.15) is 28.9 Å². The van der Waals surface area contributed by atoms with E-state index in [1.165, 1.54) is 0 Å². The summed E-state index contributed by atoms with van der Waals surface area (Å²) in [6.07, 6.45) is 2.74. The van der Waals surface area contributed by atoms with Crippen molar-refractivity contribution in [3.8, 4) is 0 Å². The van der Waals surface area contributed by atoms with Crippen LogP contribution >= 0.6 is 0 Å². The Morgan fingerprint density at radius 2 is 1.74 bits per heavy atom. The third-order valence-corrected chi connectivity index (χ3v) is 5.04. The highest BCUT2D eigenvalue weighted by molar-refractivity contribution is 5.95. The van der Waals surface area contributed by atoms with E-state index < -0.39 is 5.54 Å². The molecule has 1 aliphatic rings. The van der Waals surface area contributed by atoms with E-state index in [4.69, 9.17) is 0 Å². The number of likely N-dealkylation sites (N-methyl/N-ethyl adjacent to an activating group) is 1. The van der Waals surface area contributed by atoms with Crippen molar-refractivity contribution < 1.29 is 9.59 Å². The number of piperidine rings is 1. The van der Waals surface area contributed by atoms with Crippen LogP contribution in [-0.2, 0) is 4.79 Å². The zero-order valence-corrected chi connectivity index (χ0v) is 16.1. The molecule has 0 aliphatic carbocycles. The Bertz CT molecular complexity index is 795. The Kier molecular flexibility index (Phi) is 5.44. The van der Waals surface area contributed by atoms with Gasteiger partial charge in [0.1, 0.15) is 5.54 Å². The van der Waals surface area contributed by atoms with Crippen molar-refractivity contribution in [1.29, 1.82) is 0 Å². The van der Waals surface area contributed by atoms with E-state index >= 15 is 0 Å². The number of aromatic nitrogens is 1. The van der Waals surface area contributed by atoms with E-state index in [1.807, 2.05) is 43.3 Å². The van der Waals surface area contributed by atoms with Gasteiger partial charge in [-0.25, -0.2) is 0 Å². The van der Waals surface area contributed by atoms with Crippen molar-refractivity contribution in [2.75, 3.05) is 32.5 Å². The number of pyridine rings is 1. The summed E-state index contributed by atoms with van der Waals surface area (Å²) in [6.45, 7) is 2.93. The fourth-order valence-electron chi connectivity index (χ4n) is 3.49. The maximum Gasteiger partial charge on any atom is 0.255 e. The molecule has 1 fully saturated rings. The van der Waals surface area contributed by atoms with Gasteiger partial charge in [-0.15, -0.1) is 0 Å². The van der Waals surface area contributed by atoms with Gasteiger partial charge < -0.3 is 15.1 Å². The summed E-state index contributed by atoms with van der Waals surface area (Å²) in [4.78, 5) is 33.4. The number of carbonyl (C=O) groups is 2. The Morgan fingerprint density at radius 3 is 2.30 bits per heavy atom. The Hall–Kier alpha value is -2.89. The molecule has 2 heterocycles. The average Bonchev–Trinajstić information content (AvgIpc) is 2.68. The van der Waals surface area contributed by atoms with Gasteiger partial charge in [0.25, 0.3) is 5.91 Å². The van der Waals surface area contributed by atoms with Gasteiger partial charge >= 0.3 is 0 Å². The minimum Gasteiger partial charge on any atom is -0.371 e. The number of hydrogen-bond acceptors (Lipinski definition) is 4. The highest BCUT2D eigenvalue weighted by atomic mass is 16.2. The van der Waals surface area contributed by atoms with Crippen LogP contribution in [0.2, 0.25) is 0 Å². The van der Waals surface area contributed by atoms with Crippen LogP contribution in [0.4, 0.5) is 5.69 Å². The van der Waals surface area contributed by atoms with E-state index in [9.17, 15) is 9.59 Å². The Labute approximate surface area is 160 Å². The number of hydrogen-bond donors (Lipinski definition) is 1. The van der Waals surface area contributed by atoms with Crippen molar-refractivity contribution in [2.45, 2.75) is 25.3 Å². The molecule has 1 aromatic carbocycles. The fourth-order valence-corrected chi connectivity index (χ4v) is 3.49. The lowest BCUT2D eigenvalue weighted by Crippen LogP contribution is -2.58. The van der Waals surface area contributed by atoms with E-state index in [0.717, 1.165) is 11.4 Å². The van der Waals surface area contributed by atoms with Crippen molar-refractivity contribution in [3.05, 3.63) is 59.9 Å². The topological polar surface area (TPSA) is 65.5 Å². The van der Waals surface area contributed by atoms with E-state index in [-0.39, 0.29) is 11.8 Å².